The van der Waals surface area contributed by atoms with E-state index in [2.05, 4.69) is 5.32 Å². The summed E-state index contributed by atoms with van der Waals surface area (Å²) in [5.41, 5.74) is 7.54. The number of benzene rings is 1. The van der Waals surface area contributed by atoms with E-state index in [0.717, 1.165) is 24.0 Å². The maximum Gasteiger partial charge on any atom is 0.328 e. The molecule has 0 bridgehead atoms. The van der Waals surface area contributed by atoms with Gasteiger partial charge in [-0.25, -0.2) is 17.9 Å². The first-order valence-electron chi connectivity index (χ1n) is 6.45. The number of rotatable bonds is 5. The van der Waals surface area contributed by atoms with Crippen molar-refractivity contribution in [2.45, 2.75) is 38.5 Å². The maximum absolute atomic E-state index is 12.1. The van der Waals surface area contributed by atoms with Crippen molar-refractivity contribution in [3.63, 3.8) is 0 Å². The number of carbonyl (C=O) groups is 1. The highest BCUT2D eigenvalue weighted by atomic mass is 32.2. The van der Waals surface area contributed by atoms with E-state index in [1.54, 1.807) is 13.0 Å². The number of hydrogen-bond donors (Lipinski definition) is 3. The molecule has 7 heteroatoms. The number of nitrogen functional groups attached to an aromatic ring is 1. The molecule has 0 radical (unpaired) electrons. The number of nitrogens with two attached hydrogens (primary N) is 1. The van der Waals surface area contributed by atoms with Crippen LogP contribution in [0.3, 0.4) is 0 Å². The van der Waals surface area contributed by atoms with E-state index in [-0.39, 0.29) is 10.6 Å². The molecule has 6 nitrogen and oxygen atoms in total. The molecule has 0 saturated carbocycles. The molecule has 0 aliphatic heterocycles. The summed E-state index contributed by atoms with van der Waals surface area (Å²) in [5.74, 6) is 0. The van der Waals surface area contributed by atoms with Gasteiger partial charge < -0.3 is 11.1 Å². The fourth-order valence-corrected chi connectivity index (χ4v) is 2.76. The van der Waals surface area contributed by atoms with Crippen LogP contribution in [0.4, 0.5) is 10.5 Å². The molecule has 0 saturated heterocycles. The van der Waals surface area contributed by atoms with Crippen molar-refractivity contribution in [1.29, 1.82) is 0 Å². The first-order chi connectivity index (χ1) is 9.27. The van der Waals surface area contributed by atoms with E-state index in [0.29, 0.717) is 6.54 Å². The molecule has 0 fully saturated rings. The van der Waals surface area contributed by atoms with Crippen LogP contribution in [0.1, 0.15) is 30.9 Å². The van der Waals surface area contributed by atoms with Crippen molar-refractivity contribution >= 4 is 21.7 Å². The van der Waals surface area contributed by atoms with Gasteiger partial charge in [-0.1, -0.05) is 13.3 Å². The molecular formula is C13H21N3O3S. The summed E-state index contributed by atoms with van der Waals surface area (Å²) in [6.07, 6.45) is 1.70. The van der Waals surface area contributed by atoms with Crippen LogP contribution in [0.25, 0.3) is 0 Å². The van der Waals surface area contributed by atoms with Crippen LogP contribution in [0.2, 0.25) is 0 Å². The number of hydrogen-bond acceptors (Lipinski definition) is 4. The van der Waals surface area contributed by atoms with Crippen molar-refractivity contribution in [1.82, 2.24) is 10.0 Å². The summed E-state index contributed by atoms with van der Waals surface area (Å²) in [6, 6.07) is 2.31. The molecule has 0 aromatic heterocycles. The van der Waals surface area contributed by atoms with Gasteiger partial charge in [0.15, 0.2) is 0 Å². The SMILES string of the molecule is CCCCNC(=O)NS(=O)(=O)c1cc(C)c(C)cc1N. The Morgan fingerprint density at radius 2 is 1.85 bits per heavy atom. The van der Waals surface area contributed by atoms with Crippen LogP contribution < -0.4 is 15.8 Å². The minimum Gasteiger partial charge on any atom is -0.398 e. The Balaban J connectivity index is 2.89. The molecule has 20 heavy (non-hydrogen) atoms. The monoisotopic (exact) mass is 299 g/mol. The standard InChI is InChI=1S/C13H21N3O3S/c1-4-5-6-15-13(17)16-20(18,19)12-8-10(3)9(2)7-11(12)14/h7-8H,4-6,14H2,1-3H3,(H2,15,16,17). The number of aryl methyl sites for hydroxylation is 2. The zero-order chi connectivity index (χ0) is 15.3. The second-order valence-electron chi connectivity index (χ2n) is 4.69. The van der Waals surface area contributed by atoms with Gasteiger partial charge in [-0.15, -0.1) is 0 Å². The lowest BCUT2D eigenvalue weighted by atomic mass is 10.1. The highest BCUT2D eigenvalue weighted by Crippen LogP contribution is 2.22. The second-order valence-corrected chi connectivity index (χ2v) is 6.34. The maximum atomic E-state index is 12.1. The number of nitrogens with one attached hydrogen (secondary N) is 2. The molecule has 0 heterocycles. The molecule has 0 unspecified atom stereocenters. The van der Waals surface area contributed by atoms with Crippen molar-refractivity contribution in [2.75, 3.05) is 12.3 Å². The Kier molecular flexibility index (Phi) is 5.38. The molecular weight excluding hydrogens is 278 g/mol. The molecule has 112 valence electrons. The first kappa shape index (κ1) is 16.3. The quantitative estimate of drug-likeness (QED) is 0.568. The van der Waals surface area contributed by atoms with E-state index in [1.165, 1.54) is 6.07 Å². The van der Waals surface area contributed by atoms with Gasteiger partial charge in [0, 0.05) is 6.54 Å². The van der Waals surface area contributed by atoms with Crippen LogP contribution in [0.5, 0.6) is 0 Å². The molecule has 0 atom stereocenters. The summed E-state index contributed by atoms with van der Waals surface area (Å²) >= 11 is 0. The van der Waals surface area contributed by atoms with Gasteiger partial charge in [0.2, 0.25) is 0 Å². The Bertz CT molecular complexity index is 597. The van der Waals surface area contributed by atoms with Crippen molar-refractivity contribution in [3.05, 3.63) is 23.3 Å². The van der Waals surface area contributed by atoms with E-state index < -0.39 is 16.1 Å². The van der Waals surface area contributed by atoms with Gasteiger partial charge in [-0.2, -0.15) is 0 Å². The van der Waals surface area contributed by atoms with Crippen LogP contribution >= 0.6 is 0 Å². The third-order valence-corrected chi connectivity index (χ3v) is 4.35. The Morgan fingerprint density at radius 3 is 2.45 bits per heavy atom. The average molecular weight is 299 g/mol. The fourth-order valence-electron chi connectivity index (χ4n) is 1.64. The van der Waals surface area contributed by atoms with E-state index in [1.807, 2.05) is 18.6 Å². The average Bonchev–Trinajstić information content (AvgIpc) is 2.33. The molecule has 2 amide bonds. The van der Waals surface area contributed by atoms with Gasteiger partial charge in [-0.05, 0) is 43.5 Å². The topological polar surface area (TPSA) is 101 Å². The van der Waals surface area contributed by atoms with Crippen LogP contribution in [-0.2, 0) is 10.0 Å². The molecule has 0 spiro atoms. The normalized spacial score (nSPS) is 11.2. The van der Waals surface area contributed by atoms with Gasteiger partial charge in [-0.3, -0.25) is 0 Å². The molecule has 0 aliphatic carbocycles. The Labute approximate surface area is 119 Å². The zero-order valence-electron chi connectivity index (χ0n) is 12.0. The largest absolute Gasteiger partial charge is 0.398 e. The minimum atomic E-state index is -3.95. The van der Waals surface area contributed by atoms with Gasteiger partial charge in [0.1, 0.15) is 4.90 Å². The molecule has 1 aromatic carbocycles. The number of urea groups is 1. The first-order valence-corrected chi connectivity index (χ1v) is 7.93. The summed E-state index contributed by atoms with van der Waals surface area (Å²) in [7, 11) is -3.95. The highest BCUT2D eigenvalue weighted by Gasteiger charge is 2.20. The van der Waals surface area contributed by atoms with E-state index >= 15 is 0 Å². The number of unbranched alkanes of at least 4 members (excludes halogenated alkanes) is 1. The minimum absolute atomic E-state index is 0.0776. The lowest BCUT2D eigenvalue weighted by Crippen LogP contribution is -2.40. The molecule has 1 rings (SSSR count). The predicted molar refractivity (Wildman–Crippen MR) is 79.0 cm³/mol. The van der Waals surface area contributed by atoms with Crippen LogP contribution in [0, 0.1) is 13.8 Å². The number of anilines is 1. The molecule has 0 aliphatic rings. The van der Waals surface area contributed by atoms with Crippen molar-refractivity contribution < 1.29 is 13.2 Å². The lowest BCUT2D eigenvalue weighted by Gasteiger charge is -2.12. The number of carbonyl (C=O) groups excluding carboxylic acids is 1. The third-order valence-electron chi connectivity index (χ3n) is 2.96. The van der Waals surface area contributed by atoms with Gasteiger partial charge in [0.25, 0.3) is 10.0 Å². The van der Waals surface area contributed by atoms with Crippen molar-refractivity contribution in [3.8, 4) is 0 Å². The van der Waals surface area contributed by atoms with E-state index in [9.17, 15) is 13.2 Å². The Hall–Kier alpha value is -1.76. The molecule has 1 aromatic rings. The smallest absolute Gasteiger partial charge is 0.328 e. The van der Waals surface area contributed by atoms with E-state index in [4.69, 9.17) is 5.73 Å². The fraction of sp³-hybridized carbons (Fsp3) is 0.462. The summed E-state index contributed by atoms with van der Waals surface area (Å²) < 4.78 is 26.2. The lowest BCUT2D eigenvalue weighted by molar-refractivity contribution is 0.245. The zero-order valence-corrected chi connectivity index (χ0v) is 12.8. The predicted octanol–water partition coefficient (Wildman–Crippen LogP) is 1.67. The molecule has 4 N–H and O–H groups in total. The van der Waals surface area contributed by atoms with Crippen LogP contribution in [-0.4, -0.2) is 21.0 Å². The van der Waals surface area contributed by atoms with Crippen LogP contribution in [0.15, 0.2) is 17.0 Å². The van der Waals surface area contributed by atoms with Gasteiger partial charge >= 0.3 is 6.03 Å². The van der Waals surface area contributed by atoms with Gasteiger partial charge in [0.05, 0.1) is 5.69 Å². The number of amides is 2. The van der Waals surface area contributed by atoms with Crippen molar-refractivity contribution in [2.24, 2.45) is 0 Å². The third kappa shape index (κ3) is 4.12. The second kappa shape index (κ2) is 6.60. The summed E-state index contributed by atoms with van der Waals surface area (Å²) in [5, 5.41) is 2.48. The highest BCUT2D eigenvalue weighted by molar-refractivity contribution is 7.90. The summed E-state index contributed by atoms with van der Waals surface area (Å²) in [4.78, 5) is 11.5. The summed E-state index contributed by atoms with van der Waals surface area (Å²) in [6.45, 7) is 6.04. The number of sulfonamides is 1. The Morgan fingerprint density at radius 1 is 1.25 bits per heavy atom.